The summed E-state index contributed by atoms with van der Waals surface area (Å²) in [5.41, 5.74) is 4.85. The molecule has 0 aromatic heterocycles. The van der Waals surface area contributed by atoms with Gasteiger partial charge in [-0.15, -0.1) is 0 Å². The van der Waals surface area contributed by atoms with Crippen molar-refractivity contribution in [2.24, 2.45) is 17.8 Å². The van der Waals surface area contributed by atoms with E-state index in [9.17, 15) is 0 Å². The topological polar surface area (TPSA) is 15.3 Å². The van der Waals surface area contributed by atoms with Crippen LogP contribution in [0.3, 0.4) is 0 Å². The molecule has 138 valence electrons. The van der Waals surface area contributed by atoms with Crippen LogP contribution in [0.1, 0.15) is 63.9 Å². The summed E-state index contributed by atoms with van der Waals surface area (Å²) < 4.78 is 0. The fraction of sp³-hybridized carbons (Fsp3) is 0.739. The van der Waals surface area contributed by atoms with E-state index in [2.05, 4.69) is 35.3 Å². The first-order chi connectivity index (χ1) is 12.2. The van der Waals surface area contributed by atoms with Crippen LogP contribution in [-0.4, -0.2) is 31.1 Å². The Balaban J connectivity index is 0.00000168. The zero-order valence-electron chi connectivity index (χ0n) is 15.9. The van der Waals surface area contributed by atoms with E-state index in [-0.39, 0.29) is 1.43 Å². The first-order valence-electron chi connectivity index (χ1n) is 10.8. The predicted molar refractivity (Wildman–Crippen MR) is 107 cm³/mol. The Labute approximate surface area is 154 Å². The molecule has 1 aromatic carbocycles. The van der Waals surface area contributed by atoms with Crippen molar-refractivity contribution < 1.29 is 1.43 Å². The van der Waals surface area contributed by atoms with Gasteiger partial charge in [-0.25, -0.2) is 0 Å². The molecule has 2 heteroatoms. The quantitative estimate of drug-likeness (QED) is 0.794. The van der Waals surface area contributed by atoms with Crippen molar-refractivity contribution in [3.63, 3.8) is 0 Å². The summed E-state index contributed by atoms with van der Waals surface area (Å²) in [6, 6.07) is 7.00. The van der Waals surface area contributed by atoms with Crippen LogP contribution >= 0.6 is 0 Å². The van der Waals surface area contributed by atoms with Crippen LogP contribution in [0.5, 0.6) is 0 Å². The van der Waals surface area contributed by atoms with E-state index in [0.717, 1.165) is 24.3 Å². The van der Waals surface area contributed by atoms with Crippen molar-refractivity contribution in [2.75, 3.05) is 31.5 Å². The van der Waals surface area contributed by atoms with E-state index >= 15 is 0 Å². The molecule has 3 unspecified atom stereocenters. The van der Waals surface area contributed by atoms with Crippen molar-refractivity contribution in [2.45, 2.75) is 63.7 Å². The number of likely N-dealkylation sites (tertiary alicyclic amines) is 1. The Bertz CT molecular complexity index is 635. The summed E-state index contributed by atoms with van der Waals surface area (Å²) in [6.45, 7) is 7.40. The van der Waals surface area contributed by atoms with E-state index in [1.165, 1.54) is 75.8 Å². The van der Waals surface area contributed by atoms with Gasteiger partial charge in [0.2, 0.25) is 0 Å². The number of hydrogen-bond donors (Lipinski definition) is 1. The third-order valence-electron chi connectivity index (χ3n) is 8.11. The lowest BCUT2D eigenvalue weighted by atomic mass is 9.66. The number of rotatable bonds is 2. The molecule has 4 aliphatic rings. The number of nitrogens with zero attached hydrogens (tertiary/aromatic N) is 1. The Morgan fingerprint density at radius 1 is 1.16 bits per heavy atom. The number of nitrogens with one attached hydrogen (secondary N) is 1. The Hall–Kier alpha value is -1.02. The SMILES string of the molecule is Cc1ccc2c(c1)C1(CCN(CC3CCC4CCCC3C4)CC1)CN2.[HH]. The van der Waals surface area contributed by atoms with Gasteiger partial charge in [0, 0.05) is 25.6 Å². The highest BCUT2D eigenvalue weighted by molar-refractivity contribution is 5.61. The molecule has 2 aliphatic heterocycles. The first-order valence-corrected chi connectivity index (χ1v) is 10.8. The Kier molecular flexibility index (Phi) is 4.08. The molecule has 2 heterocycles. The van der Waals surface area contributed by atoms with E-state index in [0.29, 0.717) is 5.41 Å². The van der Waals surface area contributed by atoms with Gasteiger partial charge >= 0.3 is 0 Å². The minimum atomic E-state index is 0. The molecule has 2 saturated carbocycles. The van der Waals surface area contributed by atoms with Gasteiger partial charge in [-0.1, -0.05) is 43.4 Å². The van der Waals surface area contributed by atoms with Gasteiger partial charge in [0.25, 0.3) is 0 Å². The minimum Gasteiger partial charge on any atom is -0.384 e. The van der Waals surface area contributed by atoms with Crippen LogP contribution in [0.25, 0.3) is 0 Å². The number of aryl methyl sites for hydroxylation is 1. The number of anilines is 1. The molecule has 0 radical (unpaired) electrons. The van der Waals surface area contributed by atoms with Gasteiger partial charge < -0.3 is 10.2 Å². The summed E-state index contributed by atoms with van der Waals surface area (Å²) >= 11 is 0. The van der Waals surface area contributed by atoms with Crippen molar-refractivity contribution in [1.29, 1.82) is 0 Å². The van der Waals surface area contributed by atoms with E-state index < -0.39 is 0 Å². The number of benzene rings is 1. The smallest absolute Gasteiger partial charge is 0.0379 e. The van der Waals surface area contributed by atoms with Gasteiger partial charge in [0.15, 0.2) is 0 Å². The van der Waals surface area contributed by atoms with Crippen LogP contribution < -0.4 is 5.32 Å². The third-order valence-corrected chi connectivity index (χ3v) is 8.11. The lowest BCUT2D eigenvalue weighted by molar-refractivity contribution is 0.0694. The van der Waals surface area contributed by atoms with Crippen LogP contribution in [-0.2, 0) is 5.41 Å². The molecule has 1 saturated heterocycles. The van der Waals surface area contributed by atoms with E-state index in [1.54, 1.807) is 12.0 Å². The highest BCUT2D eigenvalue weighted by atomic mass is 15.1. The summed E-state index contributed by atoms with van der Waals surface area (Å²) in [7, 11) is 0. The zero-order chi connectivity index (χ0) is 16.9. The van der Waals surface area contributed by atoms with Crippen LogP contribution in [0.15, 0.2) is 18.2 Å². The molecular formula is C23H36N2. The number of hydrogen-bond acceptors (Lipinski definition) is 2. The molecule has 5 rings (SSSR count). The van der Waals surface area contributed by atoms with Crippen LogP contribution in [0.4, 0.5) is 5.69 Å². The second kappa shape index (κ2) is 6.30. The highest BCUT2D eigenvalue weighted by Crippen LogP contribution is 2.46. The second-order valence-electron chi connectivity index (χ2n) is 9.61. The van der Waals surface area contributed by atoms with Gasteiger partial charge in [0.1, 0.15) is 0 Å². The molecule has 2 nitrogen and oxygen atoms in total. The second-order valence-corrected chi connectivity index (χ2v) is 9.61. The molecular weight excluding hydrogens is 304 g/mol. The normalized spacial score (nSPS) is 33.9. The van der Waals surface area contributed by atoms with Crippen LogP contribution in [0.2, 0.25) is 0 Å². The maximum Gasteiger partial charge on any atom is 0.0379 e. The van der Waals surface area contributed by atoms with Gasteiger partial charge in [-0.05, 0) is 75.1 Å². The summed E-state index contributed by atoms with van der Waals surface area (Å²) in [5, 5.41) is 3.69. The van der Waals surface area contributed by atoms with E-state index in [1.807, 2.05) is 0 Å². The maximum atomic E-state index is 3.69. The van der Waals surface area contributed by atoms with Gasteiger partial charge in [-0.3, -0.25) is 0 Å². The molecule has 2 bridgehead atoms. The maximum absolute atomic E-state index is 3.69. The molecule has 1 N–H and O–H groups in total. The summed E-state index contributed by atoms with van der Waals surface area (Å²) in [6.07, 6.45) is 11.8. The monoisotopic (exact) mass is 340 g/mol. The van der Waals surface area contributed by atoms with Gasteiger partial charge in [0.05, 0.1) is 0 Å². The van der Waals surface area contributed by atoms with Crippen molar-refractivity contribution in [1.82, 2.24) is 4.90 Å². The van der Waals surface area contributed by atoms with E-state index in [4.69, 9.17) is 0 Å². The molecule has 2 aliphatic carbocycles. The van der Waals surface area contributed by atoms with Crippen molar-refractivity contribution in [3.05, 3.63) is 29.3 Å². The standard InChI is InChI=1S/C23H34N2.H2/c1-17-5-8-22-21(13-17)23(16-24-22)9-11-25(12-10-23)15-20-7-6-18-3-2-4-19(20)14-18;/h5,8,13,18-20,24H,2-4,6-7,9-12,14-16H2,1H3;1H. The first kappa shape index (κ1) is 16.2. The lowest BCUT2D eigenvalue weighted by Crippen LogP contribution is -2.46. The van der Waals surface area contributed by atoms with Gasteiger partial charge in [-0.2, -0.15) is 0 Å². The van der Waals surface area contributed by atoms with Crippen molar-refractivity contribution in [3.8, 4) is 0 Å². The fourth-order valence-electron chi connectivity index (χ4n) is 6.50. The number of fused-ring (bicyclic) bond motifs is 4. The fourth-order valence-corrected chi connectivity index (χ4v) is 6.50. The summed E-state index contributed by atoms with van der Waals surface area (Å²) in [4.78, 5) is 2.82. The largest absolute Gasteiger partial charge is 0.384 e. The average molecular weight is 341 g/mol. The minimum absolute atomic E-state index is 0. The zero-order valence-corrected chi connectivity index (χ0v) is 15.9. The molecule has 25 heavy (non-hydrogen) atoms. The number of piperidine rings is 1. The molecule has 0 amide bonds. The molecule has 3 atom stereocenters. The highest BCUT2D eigenvalue weighted by Gasteiger charge is 2.42. The molecule has 3 fully saturated rings. The average Bonchev–Trinajstić information content (AvgIpc) is 2.98. The Morgan fingerprint density at radius 2 is 2.04 bits per heavy atom. The molecule has 1 spiro atoms. The van der Waals surface area contributed by atoms with Crippen molar-refractivity contribution >= 4 is 5.69 Å². The predicted octanol–water partition coefficient (Wildman–Crippen LogP) is 5.22. The summed E-state index contributed by atoms with van der Waals surface area (Å²) in [5.74, 6) is 3.14. The van der Waals surface area contributed by atoms with Crippen LogP contribution in [0, 0.1) is 24.7 Å². The lowest BCUT2D eigenvalue weighted by Gasteiger charge is -2.45. The third kappa shape index (κ3) is 2.91. The molecule has 1 aromatic rings. The Morgan fingerprint density at radius 3 is 2.92 bits per heavy atom.